The van der Waals surface area contributed by atoms with Crippen LogP contribution in [0.1, 0.15) is 155 Å². The number of amides is 4. The van der Waals surface area contributed by atoms with Gasteiger partial charge in [0.15, 0.2) is 0 Å². The third-order valence-electron chi connectivity index (χ3n) is 14.9. The second-order valence-electron chi connectivity index (χ2n) is 21.9. The van der Waals surface area contributed by atoms with Crippen molar-refractivity contribution in [2.45, 2.75) is 186 Å². The van der Waals surface area contributed by atoms with Gasteiger partial charge in [0.25, 0.3) is 0 Å². The summed E-state index contributed by atoms with van der Waals surface area (Å²) in [6.45, 7) is 11.2. The predicted molar refractivity (Wildman–Crippen MR) is 258 cm³/mol. The number of carbonyl (C=O) groups excluding carboxylic acids is 4. The number of hydrogen-bond donors (Lipinski definition) is 2. The number of nitrogens with one attached hydrogen (secondary N) is 2. The van der Waals surface area contributed by atoms with E-state index < -0.39 is 35.5 Å². The first-order chi connectivity index (χ1) is 31.6. The zero-order chi connectivity index (χ0) is 46.3. The summed E-state index contributed by atoms with van der Waals surface area (Å²) in [4.78, 5) is 58.2. The summed E-state index contributed by atoms with van der Waals surface area (Å²) in [6, 6.07) is 15.3. The van der Waals surface area contributed by atoms with E-state index in [-0.39, 0.29) is 30.0 Å². The number of nitrogens with zero attached hydrogens (tertiary/aromatic N) is 2. The van der Waals surface area contributed by atoms with Crippen molar-refractivity contribution in [1.82, 2.24) is 9.80 Å². The first-order valence-electron chi connectivity index (χ1n) is 24.9. The van der Waals surface area contributed by atoms with Crippen LogP contribution in [0.15, 0.2) is 83.7 Å². The van der Waals surface area contributed by atoms with E-state index in [4.69, 9.17) is 14.2 Å². The summed E-state index contributed by atoms with van der Waals surface area (Å²) >= 11 is 0. The average Bonchev–Trinajstić information content (AvgIpc) is 3.87. The normalized spacial score (nSPS) is 27.5. The van der Waals surface area contributed by atoms with Crippen molar-refractivity contribution in [3.63, 3.8) is 0 Å². The molecule has 7 atom stereocenters. The fourth-order valence-electron chi connectivity index (χ4n) is 11.8. The summed E-state index contributed by atoms with van der Waals surface area (Å²) in [5, 5.41) is 6.30. The van der Waals surface area contributed by atoms with Crippen LogP contribution in [0.5, 0.6) is 0 Å². The maximum Gasteiger partial charge on any atom is 0.411 e. The quantitative estimate of drug-likeness (QED) is 0.296. The van der Waals surface area contributed by atoms with Crippen LogP contribution in [0.3, 0.4) is 0 Å². The summed E-state index contributed by atoms with van der Waals surface area (Å²) in [5.41, 5.74) is 8.81. The maximum atomic E-state index is 13.9. The Morgan fingerprint density at radius 1 is 0.606 bits per heavy atom. The van der Waals surface area contributed by atoms with E-state index in [9.17, 15) is 19.2 Å². The summed E-state index contributed by atoms with van der Waals surface area (Å²) in [6.07, 6.45) is 20.9. The van der Waals surface area contributed by atoms with Crippen molar-refractivity contribution in [2.75, 3.05) is 10.6 Å². The highest BCUT2D eigenvalue weighted by molar-refractivity contribution is 5.98. The molecule has 2 aromatic rings. The third-order valence-corrected chi connectivity index (χ3v) is 14.9. The average molecular weight is 899 g/mol. The molecule has 11 nitrogen and oxygen atoms in total. The van der Waals surface area contributed by atoms with Crippen LogP contribution in [0, 0.1) is 11.8 Å². The molecule has 0 aromatic heterocycles. The monoisotopic (exact) mass is 899 g/mol. The fraction of sp³-hybridized carbons (Fsp3) is 0.564. The number of allylic oxidation sites excluding steroid dienone is 6. The predicted octanol–water partition coefficient (Wildman–Crippen LogP) is 12.1. The number of fused-ring (bicyclic) bond motifs is 2. The van der Waals surface area contributed by atoms with Crippen molar-refractivity contribution in [3.8, 4) is 0 Å². The topological polar surface area (TPSA) is 127 Å². The summed E-state index contributed by atoms with van der Waals surface area (Å²) in [7, 11) is 0. The number of rotatable bonds is 6. The van der Waals surface area contributed by atoms with Crippen molar-refractivity contribution in [2.24, 2.45) is 11.8 Å². The van der Waals surface area contributed by atoms with Gasteiger partial charge in [-0.25, -0.2) is 9.59 Å². The first kappa shape index (κ1) is 45.8. The molecular weight excluding hydrogens is 829 g/mol. The molecule has 2 aromatic carbocycles. The molecule has 352 valence electrons. The van der Waals surface area contributed by atoms with Crippen LogP contribution >= 0.6 is 0 Å². The largest absolute Gasteiger partial charge is 0.494 e. The standard InChI is InChI=1S/C55H70N4O7/c1-54(2,3)65-52(62)58-46-13-9-7-11-38(46)30-48(58)50(60)56-41-24-19-36(20-25-41)44-29-34-15-17-35(44)23-28-43-32-45(40(18-16-34)33-64-43)37-21-26-42(27-22-37)57-51(61)49-31-39-12-8-10-14-47(39)59(49)53(63)66-55(4,5)6/h19-22,24-27,29,32-33,38-39,43,46-49H,7-18,23,28,30-31H2,1-6H3,(H,56,60)(H,57,61)/t38-,39-,43?,46-,47-,48-,49-/m0/s1. The molecule has 0 spiro atoms. The molecule has 1 unspecified atom stereocenters. The lowest BCUT2D eigenvalue weighted by Gasteiger charge is -2.34. The van der Waals surface area contributed by atoms with E-state index in [0.29, 0.717) is 30.4 Å². The van der Waals surface area contributed by atoms with Gasteiger partial charge in [-0.2, -0.15) is 0 Å². The van der Waals surface area contributed by atoms with Crippen molar-refractivity contribution in [1.29, 1.82) is 0 Å². The van der Waals surface area contributed by atoms with Gasteiger partial charge >= 0.3 is 12.2 Å². The lowest BCUT2D eigenvalue weighted by atomic mass is 9.82. The van der Waals surface area contributed by atoms with Crippen LogP contribution < -0.4 is 10.6 Å². The minimum Gasteiger partial charge on any atom is -0.494 e. The molecule has 12 rings (SSSR count). The molecule has 4 fully saturated rings. The molecule has 5 aliphatic carbocycles. The van der Waals surface area contributed by atoms with Gasteiger partial charge in [-0.15, -0.1) is 0 Å². The molecule has 5 aliphatic heterocycles. The molecule has 10 aliphatic rings. The fourth-order valence-corrected chi connectivity index (χ4v) is 11.8. The molecule has 4 amide bonds. The van der Waals surface area contributed by atoms with Crippen LogP contribution in [-0.2, 0) is 23.8 Å². The zero-order valence-corrected chi connectivity index (χ0v) is 40.0. The number of hydrogen-bond acceptors (Lipinski definition) is 7. The van der Waals surface area contributed by atoms with Crippen molar-refractivity contribution >= 4 is 46.5 Å². The van der Waals surface area contributed by atoms with Gasteiger partial charge in [-0.1, -0.05) is 67.2 Å². The second-order valence-corrected chi connectivity index (χ2v) is 21.9. The number of anilines is 2. The van der Waals surface area contributed by atoms with Gasteiger partial charge in [0.05, 0.1) is 6.26 Å². The molecule has 66 heavy (non-hydrogen) atoms. The number of benzene rings is 2. The van der Waals surface area contributed by atoms with Gasteiger partial charge in [0, 0.05) is 23.5 Å². The Morgan fingerprint density at radius 3 is 1.64 bits per heavy atom. The lowest BCUT2D eigenvalue weighted by Crippen LogP contribution is -2.49. The van der Waals surface area contributed by atoms with E-state index >= 15 is 0 Å². The Balaban J connectivity index is 0.860. The van der Waals surface area contributed by atoms with E-state index in [1.807, 2.05) is 72.1 Å². The third kappa shape index (κ3) is 10.2. The van der Waals surface area contributed by atoms with Crippen LogP contribution in [0.2, 0.25) is 0 Å². The van der Waals surface area contributed by atoms with E-state index in [1.54, 1.807) is 9.80 Å². The minimum atomic E-state index is -0.637. The Labute approximate surface area is 391 Å². The maximum absolute atomic E-state index is 13.9. The Bertz CT molecular complexity index is 2310. The molecule has 2 saturated heterocycles. The molecule has 5 heterocycles. The molecule has 11 heteroatoms. The Morgan fingerprint density at radius 2 is 1.11 bits per heavy atom. The lowest BCUT2D eigenvalue weighted by molar-refractivity contribution is -0.121. The van der Waals surface area contributed by atoms with Gasteiger partial charge in [-0.3, -0.25) is 19.4 Å². The van der Waals surface area contributed by atoms with Crippen LogP contribution in [0.4, 0.5) is 21.0 Å². The molecule has 2 N–H and O–H groups in total. The Kier molecular flexibility index (Phi) is 13.0. The zero-order valence-electron chi connectivity index (χ0n) is 40.0. The van der Waals surface area contributed by atoms with Crippen LogP contribution in [-0.4, -0.2) is 75.3 Å². The minimum absolute atomic E-state index is 0.0419. The molecular formula is C55H70N4O7. The van der Waals surface area contributed by atoms with E-state index in [0.717, 1.165) is 112 Å². The summed E-state index contributed by atoms with van der Waals surface area (Å²) in [5.74, 6) is 0.328. The Hall–Kier alpha value is -5.32. The van der Waals surface area contributed by atoms with Gasteiger partial charge in [-0.05, 0) is 189 Å². The number of ether oxygens (including phenoxy) is 3. The second kappa shape index (κ2) is 18.8. The van der Waals surface area contributed by atoms with E-state index in [1.165, 1.54) is 22.3 Å². The van der Waals surface area contributed by atoms with Gasteiger partial charge in [0.1, 0.15) is 29.4 Å². The highest BCUT2D eigenvalue weighted by atomic mass is 16.6. The molecule has 0 radical (unpaired) electrons. The van der Waals surface area contributed by atoms with Gasteiger partial charge in [0.2, 0.25) is 11.8 Å². The summed E-state index contributed by atoms with van der Waals surface area (Å²) < 4.78 is 18.0. The highest BCUT2D eigenvalue weighted by Crippen LogP contribution is 2.44. The van der Waals surface area contributed by atoms with Crippen molar-refractivity contribution < 1.29 is 33.4 Å². The van der Waals surface area contributed by atoms with E-state index in [2.05, 4.69) is 47.1 Å². The SMILES string of the molecule is CC(C)(C)OC(=O)N1[C@H](C(=O)Nc2ccc(C3=CC4CCC5=C(c6ccc(NC(=O)[C@@H]7C[C@@H]8CCCC[C@@H]8N7C(=O)OC(C)(C)C)cc6)C=C(CCC3=CO4)CC5)cc2)C[C@@H]2CCCC[C@@H]21. The highest BCUT2D eigenvalue weighted by Gasteiger charge is 2.50. The molecule has 4 bridgehead atoms. The smallest absolute Gasteiger partial charge is 0.411 e. The van der Waals surface area contributed by atoms with Crippen molar-refractivity contribution in [3.05, 3.63) is 94.8 Å². The number of likely N-dealkylation sites (tertiary alicyclic amines) is 2. The molecule has 2 saturated carbocycles. The first-order valence-corrected chi connectivity index (χ1v) is 24.9. The van der Waals surface area contributed by atoms with Crippen LogP contribution in [0.25, 0.3) is 11.1 Å². The number of carbonyl (C=O) groups is 4. The van der Waals surface area contributed by atoms with Gasteiger partial charge < -0.3 is 24.8 Å².